The van der Waals surface area contributed by atoms with Gasteiger partial charge in [0.25, 0.3) is 0 Å². The van der Waals surface area contributed by atoms with Gasteiger partial charge in [-0.05, 0) is 17.2 Å². The Morgan fingerprint density at radius 2 is 1.88 bits per heavy atom. The smallest absolute Gasteiger partial charge is 0.193 e. The predicted octanol–water partition coefficient (Wildman–Crippen LogP) is 3.37. The lowest BCUT2D eigenvalue weighted by Gasteiger charge is -2.01. The van der Waals surface area contributed by atoms with Crippen LogP contribution in [-0.4, -0.2) is 9.97 Å². The van der Waals surface area contributed by atoms with E-state index in [1.807, 2.05) is 36.4 Å². The molecule has 0 saturated heterocycles. The first-order valence-corrected chi connectivity index (χ1v) is 5.03. The van der Waals surface area contributed by atoms with Gasteiger partial charge in [0.1, 0.15) is 5.65 Å². The largest absolute Gasteiger partial charge is 0.316 e. The van der Waals surface area contributed by atoms with Crippen molar-refractivity contribution in [1.29, 1.82) is 0 Å². The molecule has 0 amide bonds. The molecule has 0 aliphatic rings. The van der Waals surface area contributed by atoms with Crippen molar-refractivity contribution >= 4 is 11.0 Å². The van der Waals surface area contributed by atoms with Crippen LogP contribution >= 0.6 is 0 Å². The van der Waals surface area contributed by atoms with Gasteiger partial charge < -0.3 is 4.98 Å². The third-order valence-corrected chi connectivity index (χ3v) is 2.58. The number of aromatic nitrogens is 2. The van der Waals surface area contributed by atoms with Crippen molar-refractivity contribution in [2.45, 2.75) is 0 Å². The molecule has 16 heavy (non-hydrogen) atoms. The molecular weight excluding hydrogens is 203 g/mol. The number of nitrogens with one attached hydrogen (secondary N) is 1. The zero-order valence-electron chi connectivity index (χ0n) is 8.44. The fourth-order valence-corrected chi connectivity index (χ4v) is 1.86. The van der Waals surface area contributed by atoms with Gasteiger partial charge in [-0.3, -0.25) is 0 Å². The summed E-state index contributed by atoms with van der Waals surface area (Å²) in [6, 6.07) is 13.3. The topological polar surface area (TPSA) is 28.7 Å². The second kappa shape index (κ2) is 3.45. The Kier molecular flexibility index (Phi) is 1.96. The normalized spacial score (nSPS) is 10.8. The molecule has 3 heteroatoms. The van der Waals surface area contributed by atoms with Gasteiger partial charge in [0.2, 0.25) is 0 Å². The highest BCUT2D eigenvalue weighted by Crippen LogP contribution is 2.27. The number of rotatable bonds is 1. The summed E-state index contributed by atoms with van der Waals surface area (Å²) in [5.74, 6) is -0.356. The van der Waals surface area contributed by atoms with E-state index in [4.69, 9.17) is 0 Å². The van der Waals surface area contributed by atoms with Gasteiger partial charge in [0.05, 0.1) is 0 Å². The first kappa shape index (κ1) is 9.09. The number of pyridine rings is 1. The van der Waals surface area contributed by atoms with E-state index in [0.29, 0.717) is 5.65 Å². The van der Waals surface area contributed by atoms with E-state index in [9.17, 15) is 4.39 Å². The zero-order chi connectivity index (χ0) is 11.0. The summed E-state index contributed by atoms with van der Waals surface area (Å²) in [5.41, 5.74) is 2.64. The van der Waals surface area contributed by atoms with Gasteiger partial charge in [-0.15, -0.1) is 0 Å². The van der Waals surface area contributed by atoms with E-state index in [2.05, 4.69) is 9.97 Å². The van der Waals surface area contributed by atoms with Crippen molar-refractivity contribution < 1.29 is 4.39 Å². The van der Waals surface area contributed by atoms with E-state index < -0.39 is 0 Å². The predicted molar refractivity (Wildman–Crippen MR) is 61.5 cm³/mol. The van der Waals surface area contributed by atoms with Gasteiger partial charge in [-0.2, -0.15) is 4.39 Å². The van der Waals surface area contributed by atoms with Crippen LogP contribution in [0.3, 0.4) is 0 Å². The lowest BCUT2D eigenvalue weighted by atomic mass is 10.0. The van der Waals surface area contributed by atoms with E-state index >= 15 is 0 Å². The van der Waals surface area contributed by atoms with Gasteiger partial charge in [0, 0.05) is 17.6 Å². The highest BCUT2D eigenvalue weighted by molar-refractivity contribution is 5.92. The SMILES string of the molecule is Fc1cc2c(-c3ccccc3)ccnc2[nH]1. The minimum atomic E-state index is -0.356. The first-order valence-electron chi connectivity index (χ1n) is 5.03. The number of hydrogen-bond acceptors (Lipinski definition) is 1. The Hall–Kier alpha value is -2.16. The summed E-state index contributed by atoms with van der Waals surface area (Å²) in [6.07, 6.45) is 1.68. The standard InChI is InChI=1S/C13H9FN2/c14-12-8-11-10(6-7-15-13(11)16-12)9-4-2-1-3-5-9/h1-8H,(H,15,16). The van der Waals surface area contributed by atoms with Crippen LogP contribution in [0.25, 0.3) is 22.2 Å². The summed E-state index contributed by atoms with van der Waals surface area (Å²) >= 11 is 0. The van der Waals surface area contributed by atoms with Gasteiger partial charge in [0.15, 0.2) is 5.95 Å². The zero-order valence-corrected chi connectivity index (χ0v) is 8.44. The van der Waals surface area contributed by atoms with Crippen LogP contribution in [0.1, 0.15) is 0 Å². The minimum absolute atomic E-state index is 0.356. The average Bonchev–Trinajstić information content (AvgIpc) is 2.70. The Balaban J connectivity index is 2.31. The Morgan fingerprint density at radius 3 is 2.69 bits per heavy atom. The molecule has 0 atom stereocenters. The second-order valence-corrected chi connectivity index (χ2v) is 3.60. The summed E-state index contributed by atoms with van der Waals surface area (Å²) in [7, 11) is 0. The summed E-state index contributed by atoms with van der Waals surface area (Å²) < 4.78 is 13.1. The van der Waals surface area contributed by atoms with Gasteiger partial charge >= 0.3 is 0 Å². The molecule has 3 aromatic rings. The molecule has 2 nitrogen and oxygen atoms in total. The molecule has 0 fully saturated rings. The molecule has 3 rings (SSSR count). The second-order valence-electron chi connectivity index (χ2n) is 3.60. The van der Waals surface area contributed by atoms with Crippen LogP contribution in [0.5, 0.6) is 0 Å². The molecule has 2 heterocycles. The number of aromatic amines is 1. The van der Waals surface area contributed by atoms with Crippen LogP contribution in [-0.2, 0) is 0 Å². The van der Waals surface area contributed by atoms with E-state index in [-0.39, 0.29) is 5.95 Å². The van der Waals surface area contributed by atoms with E-state index in [0.717, 1.165) is 16.5 Å². The fourth-order valence-electron chi connectivity index (χ4n) is 1.86. The van der Waals surface area contributed by atoms with Crippen LogP contribution < -0.4 is 0 Å². The highest BCUT2D eigenvalue weighted by atomic mass is 19.1. The molecule has 0 radical (unpaired) electrons. The van der Waals surface area contributed by atoms with Crippen molar-refractivity contribution in [3.05, 3.63) is 54.6 Å². The molecule has 0 unspecified atom stereocenters. The molecule has 78 valence electrons. The number of fused-ring (bicyclic) bond motifs is 1. The number of halogens is 1. The van der Waals surface area contributed by atoms with Crippen molar-refractivity contribution in [3.8, 4) is 11.1 Å². The van der Waals surface area contributed by atoms with E-state index in [1.54, 1.807) is 6.20 Å². The van der Waals surface area contributed by atoms with Crippen LogP contribution in [0.2, 0.25) is 0 Å². The molecule has 2 aromatic heterocycles. The lowest BCUT2D eigenvalue weighted by Crippen LogP contribution is -1.81. The summed E-state index contributed by atoms with van der Waals surface area (Å²) in [6.45, 7) is 0. The quantitative estimate of drug-likeness (QED) is 0.658. The molecule has 0 saturated carbocycles. The Labute approximate surface area is 91.8 Å². The van der Waals surface area contributed by atoms with Crippen LogP contribution in [0.4, 0.5) is 4.39 Å². The number of benzene rings is 1. The van der Waals surface area contributed by atoms with Gasteiger partial charge in [-0.1, -0.05) is 30.3 Å². The lowest BCUT2D eigenvalue weighted by molar-refractivity contribution is 0.594. The maximum Gasteiger partial charge on any atom is 0.193 e. The monoisotopic (exact) mass is 212 g/mol. The number of H-pyrrole nitrogens is 1. The molecule has 1 N–H and O–H groups in total. The number of nitrogens with zero attached hydrogens (tertiary/aromatic N) is 1. The fraction of sp³-hybridized carbons (Fsp3) is 0. The summed E-state index contributed by atoms with van der Waals surface area (Å²) in [5, 5.41) is 0.811. The molecule has 1 aromatic carbocycles. The first-order chi connectivity index (χ1) is 7.84. The minimum Gasteiger partial charge on any atom is -0.316 e. The Morgan fingerprint density at radius 1 is 1.06 bits per heavy atom. The van der Waals surface area contributed by atoms with Crippen LogP contribution in [0.15, 0.2) is 48.7 Å². The molecule has 0 spiro atoms. The van der Waals surface area contributed by atoms with Crippen molar-refractivity contribution in [3.63, 3.8) is 0 Å². The van der Waals surface area contributed by atoms with Crippen molar-refractivity contribution in [1.82, 2.24) is 9.97 Å². The van der Waals surface area contributed by atoms with Crippen molar-refractivity contribution in [2.75, 3.05) is 0 Å². The molecular formula is C13H9FN2. The average molecular weight is 212 g/mol. The number of hydrogen-bond donors (Lipinski definition) is 1. The van der Waals surface area contributed by atoms with Crippen molar-refractivity contribution in [2.24, 2.45) is 0 Å². The molecule has 0 aliphatic heterocycles. The molecule has 0 aliphatic carbocycles. The molecule has 0 bridgehead atoms. The Bertz CT molecular complexity index is 629. The summed E-state index contributed by atoms with van der Waals surface area (Å²) in [4.78, 5) is 6.68. The maximum atomic E-state index is 13.1. The van der Waals surface area contributed by atoms with Crippen LogP contribution in [0, 0.1) is 5.95 Å². The third kappa shape index (κ3) is 1.37. The van der Waals surface area contributed by atoms with E-state index in [1.165, 1.54) is 6.07 Å². The highest BCUT2D eigenvalue weighted by Gasteiger charge is 2.07. The maximum absolute atomic E-state index is 13.1. The van der Waals surface area contributed by atoms with Gasteiger partial charge in [-0.25, -0.2) is 4.98 Å². The third-order valence-electron chi connectivity index (χ3n) is 2.58.